The van der Waals surface area contributed by atoms with Crippen molar-refractivity contribution in [1.29, 1.82) is 0 Å². The average molecular weight is 337 g/mol. The summed E-state index contributed by atoms with van der Waals surface area (Å²) in [4.78, 5) is 21.2. The zero-order valence-electron chi connectivity index (χ0n) is 13.5. The number of rotatable bonds is 1. The molecular formula is C20H11N5O. The normalized spacial score (nSPS) is 11.8. The number of aromatic nitrogens is 5. The van der Waals surface area contributed by atoms with Crippen LogP contribution in [0.5, 0.6) is 0 Å². The first-order valence-corrected chi connectivity index (χ1v) is 8.25. The van der Waals surface area contributed by atoms with Gasteiger partial charge in [-0.2, -0.15) is 0 Å². The molecular weight excluding hydrogens is 326 g/mol. The van der Waals surface area contributed by atoms with Gasteiger partial charge in [0.15, 0.2) is 0 Å². The van der Waals surface area contributed by atoms with Crippen LogP contribution in [0.15, 0.2) is 65.3 Å². The Kier molecular flexibility index (Phi) is 2.52. The van der Waals surface area contributed by atoms with Crippen molar-refractivity contribution in [3.05, 3.63) is 60.9 Å². The molecule has 0 atom stereocenters. The largest absolute Gasteiger partial charge is 0.419 e. The monoisotopic (exact) mass is 337 g/mol. The zero-order valence-corrected chi connectivity index (χ0v) is 13.5. The second-order valence-corrected chi connectivity index (χ2v) is 6.12. The van der Waals surface area contributed by atoms with E-state index in [2.05, 4.69) is 19.9 Å². The first-order chi connectivity index (χ1) is 12.9. The highest BCUT2D eigenvalue weighted by Gasteiger charge is 2.12. The lowest BCUT2D eigenvalue weighted by atomic mass is 10.1. The maximum atomic E-state index is 5.78. The fourth-order valence-electron chi connectivity index (χ4n) is 3.38. The van der Waals surface area contributed by atoms with Crippen molar-refractivity contribution in [2.75, 3.05) is 0 Å². The van der Waals surface area contributed by atoms with Crippen LogP contribution in [0.3, 0.4) is 0 Å². The van der Waals surface area contributed by atoms with E-state index in [4.69, 9.17) is 9.40 Å². The van der Waals surface area contributed by atoms with Gasteiger partial charge in [-0.3, -0.25) is 0 Å². The molecule has 0 saturated carbocycles. The molecule has 0 aromatic carbocycles. The number of hydrogen-bond donors (Lipinski definition) is 1. The van der Waals surface area contributed by atoms with Gasteiger partial charge in [0.25, 0.3) is 0 Å². The highest BCUT2D eigenvalue weighted by molar-refractivity contribution is 6.05. The van der Waals surface area contributed by atoms with E-state index in [1.807, 2.05) is 48.5 Å². The fourth-order valence-corrected chi connectivity index (χ4v) is 3.38. The number of hydrogen-bond acceptors (Lipinski definition) is 5. The standard InChI is InChI=1S/C20H11N5O/c1-3-11-12-5-7-15(23-18(12)25-17(11)21-9-1)16-8-6-14-13-4-2-10-22-19(13)26-20(14)24-16/h1-10H,(H,21,23,25). The van der Waals surface area contributed by atoms with E-state index in [9.17, 15) is 0 Å². The predicted octanol–water partition coefficient (Wildman–Crippen LogP) is 4.47. The Balaban J connectivity index is 1.57. The van der Waals surface area contributed by atoms with Gasteiger partial charge in [0, 0.05) is 33.9 Å². The number of fused-ring (bicyclic) bond motifs is 6. The van der Waals surface area contributed by atoms with Gasteiger partial charge in [0.05, 0.1) is 11.4 Å². The van der Waals surface area contributed by atoms with Gasteiger partial charge in [-0.05, 0) is 48.5 Å². The summed E-state index contributed by atoms with van der Waals surface area (Å²) in [6, 6.07) is 15.8. The number of nitrogens with one attached hydrogen (secondary N) is 1. The van der Waals surface area contributed by atoms with Gasteiger partial charge < -0.3 is 9.40 Å². The molecule has 6 rings (SSSR count). The zero-order chi connectivity index (χ0) is 17.1. The first-order valence-electron chi connectivity index (χ1n) is 8.25. The first kappa shape index (κ1) is 13.5. The van der Waals surface area contributed by atoms with E-state index in [1.54, 1.807) is 12.4 Å². The van der Waals surface area contributed by atoms with Gasteiger partial charge >= 0.3 is 0 Å². The maximum Gasteiger partial charge on any atom is 0.230 e. The van der Waals surface area contributed by atoms with E-state index in [1.165, 1.54) is 0 Å². The average Bonchev–Trinajstić information content (AvgIpc) is 3.24. The summed E-state index contributed by atoms with van der Waals surface area (Å²) in [6.45, 7) is 0. The number of H-pyrrole nitrogens is 1. The molecule has 6 nitrogen and oxygen atoms in total. The van der Waals surface area contributed by atoms with Crippen LogP contribution < -0.4 is 0 Å². The van der Waals surface area contributed by atoms with Crippen molar-refractivity contribution >= 4 is 44.3 Å². The minimum atomic E-state index is 0.566. The van der Waals surface area contributed by atoms with E-state index >= 15 is 0 Å². The second-order valence-electron chi connectivity index (χ2n) is 6.12. The molecule has 1 N–H and O–H groups in total. The third kappa shape index (κ3) is 1.81. The fraction of sp³-hybridized carbons (Fsp3) is 0. The molecule has 0 bridgehead atoms. The quantitative estimate of drug-likeness (QED) is 0.479. The Bertz CT molecular complexity index is 1330. The molecule has 0 spiro atoms. The second kappa shape index (κ2) is 4.86. The summed E-state index contributed by atoms with van der Waals surface area (Å²) in [5, 5.41) is 4.03. The smallest absolute Gasteiger partial charge is 0.230 e. The van der Waals surface area contributed by atoms with E-state index < -0.39 is 0 Å². The van der Waals surface area contributed by atoms with E-state index in [0.717, 1.165) is 44.2 Å². The lowest BCUT2D eigenvalue weighted by molar-refractivity contribution is 0.640. The molecule has 6 aromatic rings. The van der Waals surface area contributed by atoms with E-state index in [-0.39, 0.29) is 0 Å². The molecule has 0 radical (unpaired) electrons. The molecule has 122 valence electrons. The van der Waals surface area contributed by atoms with E-state index in [0.29, 0.717) is 11.4 Å². The molecule has 0 aliphatic carbocycles. The minimum Gasteiger partial charge on any atom is -0.419 e. The summed E-state index contributed by atoms with van der Waals surface area (Å²) in [5.41, 5.74) is 4.32. The molecule has 0 aliphatic rings. The van der Waals surface area contributed by atoms with Crippen LogP contribution in [-0.2, 0) is 0 Å². The Morgan fingerprint density at radius 1 is 0.615 bits per heavy atom. The van der Waals surface area contributed by atoms with Gasteiger partial charge in [0.2, 0.25) is 11.4 Å². The van der Waals surface area contributed by atoms with Crippen LogP contribution in [-0.4, -0.2) is 24.9 Å². The topological polar surface area (TPSA) is 80.5 Å². The van der Waals surface area contributed by atoms with Crippen LogP contribution in [0.25, 0.3) is 55.7 Å². The number of pyridine rings is 4. The van der Waals surface area contributed by atoms with Gasteiger partial charge in [-0.25, -0.2) is 19.9 Å². The summed E-state index contributed by atoms with van der Waals surface area (Å²) >= 11 is 0. The van der Waals surface area contributed by atoms with Crippen molar-refractivity contribution in [2.45, 2.75) is 0 Å². The third-order valence-electron chi connectivity index (χ3n) is 4.61. The predicted molar refractivity (Wildman–Crippen MR) is 99.7 cm³/mol. The lowest BCUT2D eigenvalue weighted by Crippen LogP contribution is -1.88. The Morgan fingerprint density at radius 2 is 1.31 bits per heavy atom. The van der Waals surface area contributed by atoms with Crippen molar-refractivity contribution < 1.29 is 4.42 Å². The maximum absolute atomic E-state index is 5.78. The minimum absolute atomic E-state index is 0.566. The molecule has 0 aliphatic heterocycles. The summed E-state index contributed by atoms with van der Waals surface area (Å²) in [6.07, 6.45) is 3.48. The summed E-state index contributed by atoms with van der Waals surface area (Å²) < 4.78 is 5.78. The van der Waals surface area contributed by atoms with Gasteiger partial charge in [0.1, 0.15) is 11.3 Å². The highest BCUT2D eigenvalue weighted by atomic mass is 16.3. The summed E-state index contributed by atoms with van der Waals surface area (Å²) in [7, 11) is 0. The summed E-state index contributed by atoms with van der Waals surface area (Å²) in [5.74, 6) is 0. The third-order valence-corrected chi connectivity index (χ3v) is 4.61. The SMILES string of the molecule is c1cnc2[nH]c3nc(-c4ccc5c(n4)oc4ncccc45)ccc3c2c1. The van der Waals surface area contributed by atoms with Crippen molar-refractivity contribution in [3.8, 4) is 11.4 Å². The molecule has 6 heterocycles. The molecule has 6 aromatic heterocycles. The highest BCUT2D eigenvalue weighted by Crippen LogP contribution is 2.29. The lowest BCUT2D eigenvalue weighted by Gasteiger charge is -2.00. The molecule has 0 unspecified atom stereocenters. The van der Waals surface area contributed by atoms with Crippen LogP contribution >= 0.6 is 0 Å². The van der Waals surface area contributed by atoms with Gasteiger partial charge in [-0.15, -0.1) is 0 Å². The van der Waals surface area contributed by atoms with Crippen molar-refractivity contribution in [2.24, 2.45) is 0 Å². The number of furan rings is 1. The number of aromatic amines is 1. The Hall–Kier alpha value is -3.80. The molecule has 0 amide bonds. The van der Waals surface area contributed by atoms with Crippen LogP contribution in [0, 0.1) is 0 Å². The molecule has 0 fully saturated rings. The molecule has 0 saturated heterocycles. The Labute approximate surface area is 146 Å². The van der Waals surface area contributed by atoms with Crippen LogP contribution in [0.2, 0.25) is 0 Å². The van der Waals surface area contributed by atoms with Crippen molar-refractivity contribution in [1.82, 2.24) is 24.9 Å². The molecule has 26 heavy (non-hydrogen) atoms. The van der Waals surface area contributed by atoms with Gasteiger partial charge in [-0.1, -0.05) is 0 Å². The van der Waals surface area contributed by atoms with Crippen molar-refractivity contribution in [3.63, 3.8) is 0 Å². The van der Waals surface area contributed by atoms with Crippen LogP contribution in [0.1, 0.15) is 0 Å². The number of nitrogens with zero attached hydrogens (tertiary/aromatic N) is 4. The Morgan fingerprint density at radius 3 is 2.23 bits per heavy atom. The molecule has 6 heteroatoms. The van der Waals surface area contributed by atoms with Crippen LogP contribution in [0.4, 0.5) is 0 Å².